The van der Waals surface area contributed by atoms with E-state index in [1.165, 1.54) is 11.8 Å². The second kappa shape index (κ2) is 5.32. The number of aryl methyl sites for hydroxylation is 2. The molecule has 0 spiro atoms. The van der Waals surface area contributed by atoms with Gasteiger partial charge in [0.2, 0.25) is 0 Å². The Labute approximate surface area is 110 Å². The van der Waals surface area contributed by atoms with Gasteiger partial charge >= 0.3 is 0 Å². The quantitative estimate of drug-likeness (QED) is 0.501. The van der Waals surface area contributed by atoms with Gasteiger partial charge in [-0.1, -0.05) is 6.07 Å². The highest BCUT2D eigenvalue weighted by atomic mass is 32.2. The minimum absolute atomic E-state index is 0.626. The van der Waals surface area contributed by atoms with Crippen molar-refractivity contribution < 1.29 is 0 Å². The van der Waals surface area contributed by atoms with Gasteiger partial charge in [-0.3, -0.25) is 0 Å². The third-order valence-electron chi connectivity index (χ3n) is 2.68. The number of rotatable bonds is 3. The molecule has 2 rings (SSSR count). The van der Waals surface area contributed by atoms with E-state index in [4.69, 9.17) is 5.84 Å². The third kappa shape index (κ3) is 2.77. The SMILES string of the molecule is Cc1nc(Sc2cccc(NN)n2)nc(C)c1C. The van der Waals surface area contributed by atoms with Crippen molar-refractivity contribution in [1.29, 1.82) is 0 Å². The lowest BCUT2D eigenvalue weighted by Gasteiger charge is -2.07. The van der Waals surface area contributed by atoms with Crippen molar-refractivity contribution in [2.45, 2.75) is 31.0 Å². The maximum absolute atomic E-state index is 5.33. The number of nitrogen functional groups attached to an aromatic ring is 1. The Morgan fingerprint density at radius 2 is 1.72 bits per heavy atom. The van der Waals surface area contributed by atoms with E-state index in [1.807, 2.05) is 32.9 Å². The molecular formula is C12H15N5S. The number of hydrazine groups is 1. The van der Waals surface area contributed by atoms with E-state index in [0.29, 0.717) is 11.0 Å². The second-order valence-corrected chi connectivity index (χ2v) is 4.90. The number of nitrogens with two attached hydrogens (primary N) is 1. The molecule has 0 aromatic carbocycles. The monoisotopic (exact) mass is 261 g/mol. The van der Waals surface area contributed by atoms with Gasteiger partial charge < -0.3 is 5.43 Å². The first-order valence-electron chi connectivity index (χ1n) is 5.53. The van der Waals surface area contributed by atoms with Gasteiger partial charge in [-0.25, -0.2) is 20.8 Å². The first kappa shape index (κ1) is 12.8. The zero-order valence-electron chi connectivity index (χ0n) is 10.6. The lowest BCUT2D eigenvalue weighted by molar-refractivity contribution is 0.878. The summed E-state index contributed by atoms with van der Waals surface area (Å²) >= 11 is 1.43. The molecule has 0 saturated carbocycles. The van der Waals surface area contributed by atoms with Gasteiger partial charge in [-0.05, 0) is 50.2 Å². The van der Waals surface area contributed by atoms with Crippen LogP contribution in [0.2, 0.25) is 0 Å². The number of aromatic nitrogens is 3. The van der Waals surface area contributed by atoms with Crippen LogP contribution in [0.1, 0.15) is 17.0 Å². The van der Waals surface area contributed by atoms with E-state index in [0.717, 1.165) is 22.0 Å². The number of nitrogens with zero attached hydrogens (tertiary/aromatic N) is 3. The molecule has 0 aliphatic rings. The van der Waals surface area contributed by atoms with Crippen molar-refractivity contribution in [1.82, 2.24) is 15.0 Å². The molecule has 0 unspecified atom stereocenters. The highest BCUT2D eigenvalue weighted by Gasteiger charge is 2.07. The number of hydrogen-bond donors (Lipinski definition) is 2. The van der Waals surface area contributed by atoms with Crippen molar-refractivity contribution in [3.8, 4) is 0 Å². The van der Waals surface area contributed by atoms with Crippen LogP contribution in [0.3, 0.4) is 0 Å². The lowest BCUT2D eigenvalue weighted by atomic mass is 10.2. The van der Waals surface area contributed by atoms with Gasteiger partial charge in [0, 0.05) is 11.4 Å². The molecule has 94 valence electrons. The summed E-state index contributed by atoms with van der Waals surface area (Å²) in [7, 11) is 0. The van der Waals surface area contributed by atoms with Crippen molar-refractivity contribution in [3.05, 3.63) is 35.2 Å². The summed E-state index contributed by atoms with van der Waals surface area (Å²) in [5.74, 6) is 5.95. The maximum Gasteiger partial charge on any atom is 0.194 e. The Kier molecular flexibility index (Phi) is 3.78. The minimum atomic E-state index is 0.626. The highest BCUT2D eigenvalue weighted by Crippen LogP contribution is 2.25. The molecule has 6 heteroatoms. The largest absolute Gasteiger partial charge is 0.308 e. The van der Waals surface area contributed by atoms with Crippen LogP contribution < -0.4 is 11.3 Å². The summed E-state index contributed by atoms with van der Waals surface area (Å²) in [5.41, 5.74) is 5.65. The zero-order valence-corrected chi connectivity index (χ0v) is 11.4. The Balaban J connectivity index is 2.28. The highest BCUT2D eigenvalue weighted by molar-refractivity contribution is 7.99. The lowest BCUT2D eigenvalue weighted by Crippen LogP contribution is -2.08. The van der Waals surface area contributed by atoms with E-state index >= 15 is 0 Å². The van der Waals surface area contributed by atoms with Gasteiger partial charge in [0.15, 0.2) is 5.16 Å². The Hall–Kier alpha value is -1.66. The van der Waals surface area contributed by atoms with E-state index < -0.39 is 0 Å². The van der Waals surface area contributed by atoms with Gasteiger partial charge in [0.05, 0.1) is 0 Å². The number of nitrogens with one attached hydrogen (secondary N) is 1. The van der Waals surface area contributed by atoms with Gasteiger partial charge in [0.25, 0.3) is 0 Å². The van der Waals surface area contributed by atoms with E-state index in [-0.39, 0.29) is 0 Å². The molecule has 0 fully saturated rings. The molecule has 0 bridgehead atoms. The fourth-order valence-corrected chi connectivity index (χ4v) is 2.28. The summed E-state index contributed by atoms with van der Waals surface area (Å²) in [6, 6.07) is 5.59. The number of hydrogen-bond acceptors (Lipinski definition) is 6. The molecule has 0 saturated heterocycles. The summed E-state index contributed by atoms with van der Waals surface area (Å²) in [6.45, 7) is 6.00. The van der Waals surface area contributed by atoms with Crippen molar-refractivity contribution in [3.63, 3.8) is 0 Å². The fourth-order valence-electron chi connectivity index (χ4n) is 1.43. The molecule has 2 aromatic heterocycles. The maximum atomic E-state index is 5.33. The summed E-state index contributed by atoms with van der Waals surface area (Å²) in [5, 5.41) is 1.52. The molecule has 0 radical (unpaired) electrons. The molecule has 18 heavy (non-hydrogen) atoms. The van der Waals surface area contributed by atoms with E-state index in [1.54, 1.807) is 6.07 Å². The van der Waals surface area contributed by atoms with Crippen LogP contribution in [0.5, 0.6) is 0 Å². The molecule has 2 heterocycles. The minimum Gasteiger partial charge on any atom is -0.308 e. The molecule has 0 aliphatic carbocycles. The standard InChI is InChI=1S/C12H15N5S/c1-7-8(2)14-12(15-9(7)3)18-11-6-4-5-10(16-11)17-13/h4-6H,13H2,1-3H3,(H,16,17). The van der Waals surface area contributed by atoms with E-state index in [2.05, 4.69) is 20.4 Å². The normalized spacial score (nSPS) is 10.4. The van der Waals surface area contributed by atoms with Crippen LogP contribution in [0.4, 0.5) is 5.82 Å². The van der Waals surface area contributed by atoms with Gasteiger partial charge in [-0.15, -0.1) is 0 Å². The van der Waals surface area contributed by atoms with Gasteiger partial charge in [0.1, 0.15) is 10.8 Å². The van der Waals surface area contributed by atoms with Gasteiger partial charge in [-0.2, -0.15) is 0 Å². The van der Waals surface area contributed by atoms with Crippen molar-refractivity contribution >= 4 is 17.6 Å². The number of pyridine rings is 1. The van der Waals surface area contributed by atoms with E-state index in [9.17, 15) is 0 Å². The van der Waals surface area contributed by atoms with Crippen LogP contribution in [0.15, 0.2) is 28.4 Å². The fraction of sp³-hybridized carbons (Fsp3) is 0.250. The smallest absolute Gasteiger partial charge is 0.194 e. The first-order chi connectivity index (χ1) is 8.60. The Morgan fingerprint density at radius 3 is 2.33 bits per heavy atom. The Morgan fingerprint density at radius 1 is 1.06 bits per heavy atom. The predicted octanol–water partition coefficient (Wildman–Crippen LogP) is 2.23. The number of anilines is 1. The molecule has 3 N–H and O–H groups in total. The third-order valence-corrected chi connectivity index (χ3v) is 3.48. The van der Waals surface area contributed by atoms with Crippen LogP contribution in [-0.2, 0) is 0 Å². The molecule has 2 aromatic rings. The average Bonchev–Trinajstić information content (AvgIpc) is 2.36. The zero-order chi connectivity index (χ0) is 13.1. The summed E-state index contributed by atoms with van der Waals surface area (Å²) < 4.78 is 0. The summed E-state index contributed by atoms with van der Waals surface area (Å²) in [6.07, 6.45) is 0. The molecule has 0 aliphatic heterocycles. The van der Waals surface area contributed by atoms with Crippen LogP contribution in [0.25, 0.3) is 0 Å². The summed E-state index contributed by atoms with van der Waals surface area (Å²) in [4.78, 5) is 13.2. The van der Waals surface area contributed by atoms with Crippen LogP contribution in [-0.4, -0.2) is 15.0 Å². The molecule has 0 amide bonds. The molecule has 5 nitrogen and oxygen atoms in total. The van der Waals surface area contributed by atoms with Crippen LogP contribution >= 0.6 is 11.8 Å². The second-order valence-electron chi connectivity index (χ2n) is 3.91. The van der Waals surface area contributed by atoms with Crippen molar-refractivity contribution in [2.75, 3.05) is 5.43 Å². The van der Waals surface area contributed by atoms with Crippen molar-refractivity contribution in [2.24, 2.45) is 5.84 Å². The predicted molar refractivity (Wildman–Crippen MR) is 72.4 cm³/mol. The average molecular weight is 261 g/mol. The first-order valence-corrected chi connectivity index (χ1v) is 6.35. The molecular weight excluding hydrogens is 246 g/mol. The molecule has 0 atom stereocenters. The Bertz CT molecular complexity index is 547. The topological polar surface area (TPSA) is 76.7 Å². The van der Waals surface area contributed by atoms with Crippen LogP contribution in [0, 0.1) is 20.8 Å².